The average Bonchev–Trinajstić information content (AvgIpc) is 2.24. The molecule has 2 N–H and O–H groups in total. The van der Waals surface area contributed by atoms with E-state index in [1.807, 2.05) is 20.8 Å². The van der Waals surface area contributed by atoms with E-state index < -0.39 is 17.3 Å². The molecule has 0 bridgehead atoms. The van der Waals surface area contributed by atoms with E-state index in [1.54, 1.807) is 13.8 Å². The van der Waals surface area contributed by atoms with Crippen molar-refractivity contribution in [3.8, 4) is 0 Å². The van der Waals surface area contributed by atoms with Crippen LogP contribution >= 0.6 is 0 Å². The number of nitrogens with one attached hydrogen (secondary N) is 1. The molecule has 0 amide bonds. The Morgan fingerprint density at radius 3 is 2.05 bits per heavy atom. The highest BCUT2D eigenvalue weighted by Gasteiger charge is 2.33. The van der Waals surface area contributed by atoms with Crippen LogP contribution in [0.25, 0.3) is 0 Å². The van der Waals surface area contributed by atoms with Crippen LogP contribution in [0, 0.1) is 6.92 Å². The zero-order valence-corrected chi connectivity index (χ0v) is 12.5. The zero-order valence-electron chi connectivity index (χ0n) is 12.5. The smallest absolute Gasteiger partial charge is 0.384 e. The Bertz CT molecular complexity index is 473. The molecule has 0 heterocycles. The van der Waals surface area contributed by atoms with Gasteiger partial charge < -0.3 is 10.4 Å². The number of rotatable bonds is 3. The summed E-state index contributed by atoms with van der Waals surface area (Å²) in [5.74, 6) is 0. The number of β-amino-alcohol motifs (C(OH)–C–C–N with tert-alkyl or cyclic N) is 1. The first-order valence-corrected chi connectivity index (χ1v) is 6.49. The van der Waals surface area contributed by atoms with Gasteiger partial charge in [0.15, 0.2) is 0 Å². The van der Waals surface area contributed by atoms with E-state index in [2.05, 4.69) is 5.32 Å². The molecule has 0 aliphatic carbocycles. The van der Waals surface area contributed by atoms with Crippen molar-refractivity contribution in [2.24, 2.45) is 0 Å². The summed E-state index contributed by atoms with van der Waals surface area (Å²) >= 11 is 0. The van der Waals surface area contributed by atoms with E-state index >= 15 is 0 Å². The third-order valence-corrected chi connectivity index (χ3v) is 3.10. The third-order valence-electron chi connectivity index (χ3n) is 3.10. The standard InChI is InChI=1S/C15H22F3NO/c1-10-8-11(15(16,17)18)6-7-12(10)14(5,20)9-19-13(2,3)4/h6-8,19-20H,9H2,1-5H3. The second-order valence-electron chi connectivity index (χ2n) is 6.40. The predicted octanol–water partition coefficient (Wildman–Crippen LogP) is 3.61. The maximum absolute atomic E-state index is 12.6. The van der Waals surface area contributed by atoms with Crippen LogP contribution in [0.1, 0.15) is 44.4 Å². The van der Waals surface area contributed by atoms with Crippen molar-refractivity contribution in [1.29, 1.82) is 0 Å². The van der Waals surface area contributed by atoms with Crippen LogP contribution in [0.15, 0.2) is 18.2 Å². The number of hydrogen-bond acceptors (Lipinski definition) is 2. The van der Waals surface area contributed by atoms with Gasteiger partial charge in [-0.1, -0.05) is 6.07 Å². The van der Waals surface area contributed by atoms with Crippen molar-refractivity contribution in [2.45, 2.75) is 51.9 Å². The normalized spacial score (nSPS) is 16.1. The van der Waals surface area contributed by atoms with Gasteiger partial charge in [0.25, 0.3) is 0 Å². The lowest BCUT2D eigenvalue weighted by atomic mass is 9.90. The van der Waals surface area contributed by atoms with Crippen molar-refractivity contribution in [3.63, 3.8) is 0 Å². The summed E-state index contributed by atoms with van der Waals surface area (Å²) in [4.78, 5) is 0. The minimum Gasteiger partial charge on any atom is -0.384 e. The van der Waals surface area contributed by atoms with Gasteiger partial charge in [0.1, 0.15) is 0 Å². The fourth-order valence-corrected chi connectivity index (χ4v) is 1.98. The summed E-state index contributed by atoms with van der Waals surface area (Å²) in [5.41, 5.74) is -1.16. The molecule has 0 saturated heterocycles. The highest BCUT2D eigenvalue weighted by atomic mass is 19.4. The number of alkyl halides is 3. The van der Waals surface area contributed by atoms with E-state index in [0.29, 0.717) is 11.1 Å². The lowest BCUT2D eigenvalue weighted by Gasteiger charge is -2.31. The number of aryl methyl sites for hydroxylation is 1. The van der Waals surface area contributed by atoms with E-state index in [9.17, 15) is 18.3 Å². The minimum absolute atomic E-state index is 0.177. The van der Waals surface area contributed by atoms with E-state index in [1.165, 1.54) is 6.07 Å². The molecule has 1 atom stereocenters. The van der Waals surface area contributed by atoms with E-state index in [4.69, 9.17) is 0 Å². The lowest BCUT2D eigenvalue weighted by Crippen LogP contribution is -2.45. The van der Waals surface area contributed by atoms with Crippen LogP contribution in [0.2, 0.25) is 0 Å². The number of hydrogen-bond donors (Lipinski definition) is 2. The Hall–Kier alpha value is -1.07. The molecule has 0 aliphatic rings. The number of halogens is 3. The SMILES string of the molecule is Cc1cc(C(F)(F)F)ccc1C(C)(O)CNC(C)(C)C. The predicted molar refractivity (Wildman–Crippen MR) is 73.5 cm³/mol. The van der Waals surface area contributed by atoms with Crippen LogP contribution in [0.5, 0.6) is 0 Å². The molecule has 5 heteroatoms. The summed E-state index contributed by atoms with van der Waals surface area (Å²) in [6.07, 6.45) is -4.36. The van der Waals surface area contributed by atoms with Crippen molar-refractivity contribution < 1.29 is 18.3 Å². The van der Waals surface area contributed by atoms with Crippen molar-refractivity contribution in [2.75, 3.05) is 6.54 Å². The van der Waals surface area contributed by atoms with E-state index in [0.717, 1.165) is 12.1 Å². The molecule has 2 nitrogen and oxygen atoms in total. The van der Waals surface area contributed by atoms with Crippen molar-refractivity contribution >= 4 is 0 Å². The Kier molecular flexibility index (Phi) is 4.56. The zero-order chi connectivity index (χ0) is 15.8. The second kappa shape index (κ2) is 5.37. The maximum atomic E-state index is 12.6. The molecular formula is C15H22F3NO. The summed E-state index contributed by atoms with van der Waals surface area (Å²) in [6, 6.07) is 3.43. The quantitative estimate of drug-likeness (QED) is 0.891. The number of aliphatic hydroxyl groups is 1. The van der Waals surface area contributed by atoms with Gasteiger partial charge in [-0.25, -0.2) is 0 Å². The van der Waals surface area contributed by atoms with Crippen LogP contribution in [-0.2, 0) is 11.8 Å². The molecule has 1 unspecified atom stereocenters. The van der Waals surface area contributed by atoms with Crippen LogP contribution < -0.4 is 5.32 Å². The fraction of sp³-hybridized carbons (Fsp3) is 0.600. The summed E-state index contributed by atoms with van der Waals surface area (Å²) < 4.78 is 37.9. The molecule has 20 heavy (non-hydrogen) atoms. The van der Waals surface area contributed by atoms with Gasteiger partial charge in [-0.15, -0.1) is 0 Å². The molecule has 0 radical (unpaired) electrons. The fourth-order valence-electron chi connectivity index (χ4n) is 1.98. The monoisotopic (exact) mass is 289 g/mol. The van der Waals surface area contributed by atoms with Gasteiger partial charge in [0.05, 0.1) is 11.2 Å². The molecular weight excluding hydrogens is 267 g/mol. The first-order valence-electron chi connectivity index (χ1n) is 6.49. The van der Waals surface area contributed by atoms with Gasteiger partial charge in [0.2, 0.25) is 0 Å². The minimum atomic E-state index is -4.36. The molecule has 0 aliphatic heterocycles. The molecule has 1 aromatic rings. The molecule has 0 fully saturated rings. The molecule has 0 aromatic heterocycles. The van der Waals surface area contributed by atoms with Crippen LogP contribution in [-0.4, -0.2) is 17.2 Å². The molecule has 1 aromatic carbocycles. The summed E-state index contributed by atoms with van der Waals surface area (Å²) in [6.45, 7) is 9.33. The first-order chi connectivity index (χ1) is 8.83. The average molecular weight is 289 g/mol. The first kappa shape index (κ1) is 17.0. The molecule has 114 valence electrons. The third kappa shape index (κ3) is 4.49. The van der Waals surface area contributed by atoms with Crippen molar-refractivity contribution in [3.05, 3.63) is 34.9 Å². The topological polar surface area (TPSA) is 32.3 Å². The summed E-state index contributed by atoms with van der Waals surface area (Å²) in [5, 5.41) is 13.6. The van der Waals surface area contributed by atoms with Gasteiger partial charge in [0, 0.05) is 12.1 Å². The molecule has 0 saturated carbocycles. The Labute approximate surface area is 118 Å². The second-order valence-corrected chi connectivity index (χ2v) is 6.40. The highest BCUT2D eigenvalue weighted by Crippen LogP contribution is 2.33. The van der Waals surface area contributed by atoms with Gasteiger partial charge >= 0.3 is 6.18 Å². The maximum Gasteiger partial charge on any atom is 0.416 e. The molecule has 0 spiro atoms. The largest absolute Gasteiger partial charge is 0.416 e. The summed E-state index contributed by atoms with van der Waals surface area (Å²) in [7, 11) is 0. The molecule has 1 rings (SSSR count). The lowest BCUT2D eigenvalue weighted by molar-refractivity contribution is -0.137. The van der Waals surface area contributed by atoms with E-state index in [-0.39, 0.29) is 12.1 Å². The van der Waals surface area contributed by atoms with Crippen LogP contribution in [0.4, 0.5) is 13.2 Å². The Morgan fingerprint density at radius 2 is 1.65 bits per heavy atom. The van der Waals surface area contributed by atoms with Gasteiger partial charge in [-0.05, 0) is 57.9 Å². The highest BCUT2D eigenvalue weighted by molar-refractivity contribution is 5.36. The van der Waals surface area contributed by atoms with Gasteiger partial charge in [-0.3, -0.25) is 0 Å². The number of benzene rings is 1. The van der Waals surface area contributed by atoms with Crippen LogP contribution in [0.3, 0.4) is 0 Å². The van der Waals surface area contributed by atoms with Gasteiger partial charge in [-0.2, -0.15) is 13.2 Å². The Balaban J connectivity index is 3.02. The Morgan fingerprint density at radius 1 is 1.10 bits per heavy atom. The van der Waals surface area contributed by atoms with Crippen molar-refractivity contribution in [1.82, 2.24) is 5.32 Å².